The third kappa shape index (κ3) is 3.02. The van der Waals surface area contributed by atoms with Crippen molar-refractivity contribution in [3.8, 4) is 0 Å². The smallest absolute Gasteiger partial charge is 0.311 e. The van der Waals surface area contributed by atoms with E-state index in [0.29, 0.717) is 11.0 Å². The average molecular weight is 297 g/mol. The zero-order chi connectivity index (χ0) is 14.1. The van der Waals surface area contributed by atoms with Crippen molar-refractivity contribution in [1.29, 1.82) is 0 Å². The first kappa shape index (κ1) is 13.6. The van der Waals surface area contributed by atoms with Crippen LogP contribution in [-0.4, -0.2) is 47.5 Å². The second-order valence-electron chi connectivity index (χ2n) is 5.46. The van der Waals surface area contributed by atoms with Crippen LogP contribution >= 0.6 is 11.6 Å². The van der Waals surface area contributed by atoms with E-state index in [0.717, 1.165) is 32.1 Å². The Hall–Kier alpha value is -1.40. The van der Waals surface area contributed by atoms with E-state index in [1.54, 1.807) is 0 Å². The van der Waals surface area contributed by atoms with Gasteiger partial charge in [0.05, 0.1) is 4.92 Å². The second kappa shape index (κ2) is 5.54. The monoisotopic (exact) mass is 296 g/mol. The van der Waals surface area contributed by atoms with Crippen molar-refractivity contribution in [2.24, 2.45) is 5.92 Å². The second-order valence-corrected chi connectivity index (χ2v) is 5.85. The van der Waals surface area contributed by atoms with Gasteiger partial charge in [-0.15, -0.1) is 0 Å². The Bertz CT molecular complexity index is 513. The number of hydrogen-bond acceptors (Lipinski definition) is 5. The van der Waals surface area contributed by atoms with Gasteiger partial charge in [-0.25, -0.2) is 4.98 Å². The highest BCUT2D eigenvalue weighted by atomic mass is 35.5. The predicted molar refractivity (Wildman–Crippen MR) is 77.3 cm³/mol. The molecular formula is C13H17ClN4O2. The number of anilines is 1. The standard InChI is InChI=1S/C13H17ClN4O2/c14-12-4-3-11(18(19)20)13(15-12)17-7-5-16(6-8-17)9-10-1-2-10/h3-4,10H,1-2,5-9H2. The van der Waals surface area contributed by atoms with Crippen LogP contribution in [0.5, 0.6) is 0 Å². The Labute approximate surface area is 122 Å². The number of nitrogens with zero attached hydrogens (tertiary/aromatic N) is 4. The minimum atomic E-state index is -0.394. The summed E-state index contributed by atoms with van der Waals surface area (Å²) in [6.07, 6.45) is 2.70. The SMILES string of the molecule is O=[N+]([O-])c1ccc(Cl)nc1N1CCN(CC2CC2)CC1. The average Bonchev–Trinajstić information content (AvgIpc) is 3.23. The van der Waals surface area contributed by atoms with Crippen LogP contribution in [-0.2, 0) is 0 Å². The molecule has 0 N–H and O–H groups in total. The molecule has 0 radical (unpaired) electrons. The van der Waals surface area contributed by atoms with Gasteiger partial charge in [0.25, 0.3) is 0 Å². The molecule has 6 nitrogen and oxygen atoms in total. The molecule has 0 spiro atoms. The van der Waals surface area contributed by atoms with Gasteiger partial charge in [-0.1, -0.05) is 11.6 Å². The van der Waals surface area contributed by atoms with Gasteiger partial charge in [-0.3, -0.25) is 15.0 Å². The number of aromatic nitrogens is 1. The maximum absolute atomic E-state index is 11.1. The fourth-order valence-corrected chi connectivity index (χ4v) is 2.74. The highest BCUT2D eigenvalue weighted by molar-refractivity contribution is 6.29. The lowest BCUT2D eigenvalue weighted by Gasteiger charge is -2.35. The fraction of sp³-hybridized carbons (Fsp3) is 0.615. The molecule has 1 aromatic heterocycles. The Morgan fingerprint density at radius 1 is 1.30 bits per heavy atom. The quantitative estimate of drug-likeness (QED) is 0.484. The molecule has 20 heavy (non-hydrogen) atoms. The zero-order valence-corrected chi connectivity index (χ0v) is 11.9. The molecule has 1 saturated carbocycles. The Balaban J connectivity index is 1.70. The molecule has 7 heteroatoms. The Morgan fingerprint density at radius 2 is 2.00 bits per heavy atom. The maximum Gasteiger partial charge on any atom is 0.311 e. The van der Waals surface area contributed by atoms with E-state index in [9.17, 15) is 10.1 Å². The Kier molecular flexibility index (Phi) is 3.76. The maximum atomic E-state index is 11.1. The predicted octanol–water partition coefficient (Wildman–Crippen LogP) is 2.18. The first-order valence-electron chi connectivity index (χ1n) is 6.92. The van der Waals surface area contributed by atoms with E-state index >= 15 is 0 Å². The summed E-state index contributed by atoms with van der Waals surface area (Å²) in [6, 6.07) is 2.90. The third-order valence-corrected chi connectivity index (χ3v) is 4.11. The van der Waals surface area contributed by atoms with Gasteiger partial charge in [-0.05, 0) is 24.8 Å². The van der Waals surface area contributed by atoms with E-state index in [1.165, 1.54) is 31.5 Å². The number of halogens is 1. The highest BCUT2D eigenvalue weighted by Crippen LogP contribution is 2.31. The molecule has 0 atom stereocenters. The molecular weight excluding hydrogens is 280 g/mol. The Morgan fingerprint density at radius 3 is 2.60 bits per heavy atom. The summed E-state index contributed by atoms with van der Waals surface area (Å²) in [7, 11) is 0. The van der Waals surface area contributed by atoms with Crippen LogP contribution in [0.15, 0.2) is 12.1 Å². The molecule has 2 fully saturated rings. The van der Waals surface area contributed by atoms with Crippen LogP contribution in [0.2, 0.25) is 5.15 Å². The van der Waals surface area contributed by atoms with E-state index in [-0.39, 0.29) is 5.69 Å². The number of rotatable bonds is 4. The zero-order valence-electron chi connectivity index (χ0n) is 11.2. The minimum Gasteiger partial charge on any atom is -0.348 e. The first-order chi connectivity index (χ1) is 9.63. The van der Waals surface area contributed by atoms with Crippen molar-refractivity contribution in [1.82, 2.24) is 9.88 Å². The molecule has 1 aliphatic heterocycles. The molecule has 0 bridgehead atoms. The molecule has 1 aromatic rings. The molecule has 0 aromatic carbocycles. The lowest BCUT2D eigenvalue weighted by Crippen LogP contribution is -2.47. The van der Waals surface area contributed by atoms with Crippen molar-refractivity contribution < 1.29 is 4.92 Å². The van der Waals surface area contributed by atoms with Crippen molar-refractivity contribution in [2.75, 3.05) is 37.6 Å². The van der Waals surface area contributed by atoms with Crippen LogP contribution in [0, 0.1) is 16.0 Å². The van der Waals surface area contributed by atoms with Crippen LogP contribution in [0.1, 0.15) is 12.8 Å². The fourth-order valence-electron chi connectivity index (χ4n) is 2.60. The van der Waals surface area contributed by atoms with Crippen molar-refractivity contribution >= 4 is 23.1 Å². The number of piperazine rings is 1. The third-order valence-electron chi connectivity index (χ3n) is 3.90. The van der Waals surface area contributed by atoms with Crippen LogP contribution in [0.3, 0.4) is 0 Å². The van der Waals surface area contributed by atoms with Gasteiger partial charge >= 0.3 is 5.69 Å². The largest absolute Gasteiger partial charge is 0.348 e. The molecule has 0 amide bonds. The molecule has 1 saturated heterocycles. The van der Waals surface area contributed by atoms with Gasteiger partial charge in [0.2, 0.25) is 5.82 Å². The van der Waals surface area contributed by atoms with Crippen LogP contribution < -0.4 is 4.90 Å². The van der Waals surface area contributed by atoms with Gasteiger partial charge in [0.1, 0.15) is 5.15 Å². The van der Waals surface area contributed by atoms with Crippen molar-refractivity contribution in [3.63, 3.8) is 0 Å². The number of nitro groups is 1. The topological polar surface area (TPSA) is 62.5 Å². The number of hydrogen-bond donors (Lipinski definition) is 0. The van der Waals surface area contributed by atoms with E-state index < -0.39 is 4.92 Å². The molecule has 1 aliphatic carbocycles. The molecule has 2 heterocycles. The van der Waals surface area contributed by atoms with Gasteiger partial charge in [0.15, 0.2) is 0 Å². The molecule has 2 aliphatic rings. The summed E-state index contributed by atoms with van der Waals surface area (Å²) in [5.41, 5.74) is 0.0324. The summed E-state index contributed by atoms with van der Waals surface area (Å²) in [5.74, 6) is 1.27. The van der Waals surface area contributed by atoms with E-state index in [2.05, 4.69) is 9.88 Å². The summed E-state index contributed by atoms with van der Waals surface area (Å²) >= 11 is 5.88. The minimum absolute atomic E-state index is 0.0324. The van der Waals surface area contributed by atoms with Gasteiger partial charge in [-0.2, -0.15) is 0 Å². The van der Waals surface area contributed by atoms with Crippen molar-refractivity contribution in [2.45, 2.75) is 12.8 Å². The molecule has 0 unspecified atom stereocenters. The van der Waals surface area contributed by atoms with Gasteiger partial charge < -0.3 is 4.90 Å². The first-order valence-corrected chi connectivity index (χ1v) is 7.29. The highest BCUT2D eigenvalue weighted by Gasteiger charge is 2.29. The van der Waals surface area contributed by atoms with E-state index in [4.69, 9.17) is 11.6 Å². The lowest BCUT2D eigenvalue weighted by molar-refractivity contribution is -0.384. The van der Waals surface area contributed by atoms with Crippen molar-refractivity contribution in [3.05, 3.63) is 27.4 Å². The molecule has 108 valence electrons. The van der Waals surface area contributed by atoms with Crippen LogP contribution in [0.25, 0.3) is 0 Å². The summed E-state index contributed by atoms with van der Waals surface area (Å²) in [6.45, 7) is 4.56. The number of pyridine rings is 1. The summed E-state index contributed by atoms with van der Waals surface area (Å²) < 4.78 is 0. The normalized spacial score (nSPS) is 20.1. The molecule has 3 rings (SSSR count). The van der Waals surface area contributed by atoms with E-state index in [1.807, 2.05) is 4.90 Å². The van der Waals surface area contributed by atoms with Crippen LogP contribution in [0.4, 0.5) is 11.5 Å². The lowest BCUT2D eigenvalue weighted by atomic mass is 10.2. The van der Waals surface area contributed by atoms with Gasteiger partial charge in [0, 0.05) is 38.8 Å². The summed E-state index contributed by atoms with van der Waals surface area (Å²) in [4.78, 5) is 19.2. The summed E-state index contributed by atoms with van der Waals surface area (Å²) in [5, 5.41) is 11.4.